The molecule has 1 unspecified atom stereocenters. The summed E-state index contributed by atoms with van der Waals surface area (Å²) in [6.45, 7) is 4.51. The first-order valence-electron chi connectivity index (χ1n) is 11.1. The van der Waals surface area contributed by atoms with E-state index in [1.165, 1.54) is 6.33 Å². The van der Waals surface area contributed by atoms with E-state index >= 15 is 0 Å². The Bertz CT molecular complexity index is 1010. The predicted octanol–water partition coefficient (Wildman–Crippen LogP) is 1.40. The second-order valence-electron chi connectivity index (χ2n) is 9.58. The molecule has 4 atom stereocenters. The molecule has 0 spiro atoms. The number of imidazole rings is 1. The maximum Gasteiger partial charge on any atom is 0.303 e. The molecule has 3 aliphatic rings. The van der Waals surface area contributed by atoms with E-state index in [1.54, 1.807) is 6.33 Å². The number of likely N-dealkylation sites (N-methyl/N-ethyl adjacent to an activating group) is 1. The van der Waals surface area contributed by atoms with E-state index in [0.29, 0.717) is 35.5 Å². The third-order valence-electron chi connectivity index (χ3n) is 6.86. The van der Waals surface area contributed by atoms with Crippen LogP contribution in [-0.2, 0) is 19.0 Å². The van der Waals surface area contributed by atoms with Crippen molar-refractivity contribution in [2.24, 2.45) is 5.92 Å². The fourth-order valence-corrected chi connectivity index (χ4v) is 5.14. The molecule has 0 bridgehead atoms. The number of carboxylic acids is 1. The van der Waals surface area contributed by atoms with Crippen LogP contribution in [0.1, 0.15) is 45.8 Å². The number of nitrogen functional groups attached to an aromatic ring is 1. The van der Waals surface area contributed by atoms with Gasteiger partial charge in [-0.15, -0.1) is 0 Å². The van der Waals surface area contributed by atoms with E-state index in [2.05, 4.69) is 26.9 Å². The second-order valence-corrected chi connectivity index (χ2v) is 9.58. The molecule has 5 rings (SSSR count). The molecular weight excluding hydrogens is 416 g/mol. The van der Waals surface area contributed by atoms with Gasteiger partial charge in [0, 0.05) is 19.0 Å². The van der Waals surface area contributed by atoms with E-state index in [1.807, 2.05) is 18.4 Å². The number of carboxylic acid groups (broad SMARTS) is 1. The van der Waals surface area contributed by atoms with Gasteiger partial charge in [-0.2, -0.15) is 0 Å². The molecule has 0 aromatic carbocycles. The van der Waals surface area contributed by atoms with Gasteiger partial charge in [0.1, 0.15) is 30.2 Å². The molecule has 11 heteroatoms. The number of carbonyl (C=O) groups is 1. The van der Waals surface area contributed by atoms with Crippen LogP contribution < -0.4 is 5.73 Å². The summed E-state index contributed by atoms with van der Waals surface area (Å²) in [5.41, 5.74) is 7.09. The van der Waals surface area contributed by atoms with Gasteiger partial charge in [0.05, 0.1) is 6.33 Å². The minimum Gasteiger partial charge on any atom is -0.481 e. The number of nitrogens with two attached hydrogens (primary N) is 1. The van der Waals surface area contributed by atoms with Gasteiger partial charge in [-0.25, -0.2) is 15.0 Å². The maximum absolute atomic E-state index is 10.8. The number of nitrogens with zero attached hydrogens (tertiary/aromatic N) is 5. The van der Waals surface area contributed by atoms with Crippen molar-refractivity contribution in [3.05, 3.63) is 12.7 Å². The molecule has 1 saturated carbocycles. The lowest BCUT2D eigenvalue weighted by molar-refractivity contribution is -0.198. The van der Waals surface area contributed by atoms with Crippen molar-refractivity contribution in [1.82, 2.24) is 24.4 Å². The van der Waals surface area contributed by atoms with Crippen molar-refractivity contribution >= 4 is 23.0 Å². The average molecular weight is 447 g/mol. The normalized spacial score (nSPS) is 33.5. The van der Waals surface area contributed by atoms with Crippen molar-refractivity contribution < 1.29 is 24.1 Å². The first kappa shape index (κ1) is 21.5. The van der Waals surface area contributed by atoms with Crippen molar-refractivity contribution in [3.63, 3.8) is 0 Å². The third kappa shape index (κ3) is 3.83. The summed E-state index contributed by atoms with van der Waals surface area (Å²) in [7, 11) is 2.09. The van der Waals surface area contributed by atoms with Crippen LogP contribution >= 0.6 is 0 Å². The van der Waals surface area contributed by atoms with Crippen LogP contribution in [0.4, 0.5) is 5.82 Å². The molecular formula is C21H30N6O5. The Morgan fingerprint density at radius 1 is 1.28 bits per heavy atom. The number of hydrogen-bond acceptors (Lipinski definition) is 9. The standard InChI is InChI=1S/C21H30N6O5/c1-21(2)31-16-13(8-26(3)12-6-11(7-12)4-5-14(28)29)30-20(17(16)32-21)27-10-25-15-18(22)23-9-24-19(15)27/h9-13,16-17,20H,4-8H2,1-3H3,(H,28,29)(H2,22,23,24)/t11?,12?,13-,16-,17-,20?/m1/s1. The monoisotopic (exact) mass is 446 g/mol. The molecule has 3 N–H and O–H groups in total. The average Bonchev–Trinajstić information content (AvgIpc) is 3.33. The summed E-state index contributed by atoms with van der Waals surface area (Å²) in [5, 5.41) is 8.89. The first-order valence-corrected chi connectivity index (χ1v) is 11.1. The number of aromatic nitrogens is 4. The highest BCUT2D eigenvalue weighted by Gasteiger charge is 2.56. The molecule has 2 aliphatic heterocycles. The van der Waals surface area contributed by atoms with Crippen LogP contribution in [0.5, 0.6) is 0 Å². The lowest BCUT2D eigenvalue weighted by Gasteiger charge is -2.42. The Kier molecular flexibility index (Phi) is 5.31. The van der Waals surface area contributed by atoms with Crippen molar-refractivity contribution in [2.75, 3.05) is 19.3 Å². The number of fused-ring (bicyclic) bond motifs is 2. The zero-order valence-corrected chi connectivity index (χ0v) is 18.5. The van der Waals surface area contributed by atoms with Gasteiger partial charge in [0.2, 0.25) is 0 Å². The lowest BCUT2D eigenvalue weighted by Crippen LogP contribution is -2.47. The minimum atomic E-state index is -0.724. The highest BCUT2D eigenvalue weighted by Crippen LogP contribution is 2.44. The second kappa shape index (κ2) is 7.91. The van der Waals surface area contributed by atoms with Gasteiger partial charge < -0.3 is 30.0 Å². The maximum atomic E-state index is 10.8. The molecule has 2 aromatic rings. The molecule has 0 radical (unpaired) electrons. The van der Waals surface area contributed by atoms with E-state index in [-0.39, 0.29) is 24.7 Å². The fraction of sp³-hybridized carbons (Fsp3) is 0.714. The third-order valence-corrected chi connectivity index (χ3v) is 6.86. The summed E-state index contributed by atoms with van der Waals surface area (Å²) < 4.78 is 20.8. The smallest absolute Gasteiger partial charge is 0.303 e. The van der Waals surface area contributed by atoms with Crippen LogP contribution in [0.25, 0.3) is 11.2 Å². The van der Waals surface area contributed by atoms with Gasteiger partial charge in [-0.05, 0) is 46.1 Å². The first-order chi connectivity index (χ1) is 15.2. The van der Waals surface area contributed by atoms with E-state index < -0.39 is 18.0 Å². The number of ether oxygens (including phenoxy) is 3. The summed E-state index contributed by atoms with van der Waals surface area (Å²) in [5.74, 6) is -0.628. The zero-order chi connectivity index (χ0) is 22.6. The fourth-order valence-electron chi connectivity index (χ4n) is 5.14. The summed E-state index contributed by atoms with van der Waals surface area (Å²) in [6, 6.07) is 0.423. The van der Waals surface area contributed by atoms with Crippen LogP contribution in [0, 0.1) is 5.92 Å². The van der Waals surface area contributed by atoms with E-state index in [4.69, 9.17) is 25.1 Å². The highest BCUT2D eigenvalue weighted by atomic mass is 16.8. The van der Waals surface area contributed by atoms with Gasteiger partial charge in [0.25, 0.3) is 0 Å². The Morgan fingerprint density at radius 2 is 2.03 bits per heavy atom. The molecule has 4 heterocycles. The Balaban J connectivity index is 1.30. The molecule has 2 saturated heterocycles. The van der Waals surface area contributed by atoms with Gasteiger partial charge >= 0.3 is 5.97 Å². The zero-order valence-electron chi connectivity index (χ0n) is 18.5. The Morgan fingerprint density at radius 3 is 2.78 bits per heavy atom. The van der Waals surface area contributed by atoms with Gasteiger partial charge in [-0.3, -0.25) is 9.36 Å². The molecule has 2 aromatic heterocycles. The number of rotatable bonds is 7. The van der Waals surface area contributed by atoms with E-state index in [9.17, 15) is 4.79 Å². The number of anilines is 1. The highest BCUT2D eigenvalue weighted by molar-refractivity contribution is 5.81. The molecule has 3 fully saturated rings. The lowest BCUT2D eigenvalue weighted by atomic mass is 9.76. The van der Waals surface area contributed by atoms with E-state index in [0.717, 1.165) is 19.3 Å². The van der Waals surface area contributed by atoms with Gasteiger partial charge in [0.15, 0.2) is 23.5 Å². The predicted molar refractivity (Wildman–Crippen MR) is 113 cm³/mol. The topological polar surface area (TPSA) is 138 Å². The van der Waals surface area contributed by atoms with Crippen molar-refractivity contribution in [3.8, 4) is 0 Å². The van der Waals surface area contributed by atoms with Crippen LogP contribution in [0.3, 0.4) is 0 Å². The molecule has 11 nitrogen and oxygen atoms in total. The summed E-state index contributed by atoms with van der Waals surface area (Å²) in [4.78, 5) is 25.8. The number of hydrogen-bond donors (Lipinski definition) is 2. The van der Waals surface area contributed by atoms with Crippen molar-refractivity contribution in [2.45, 2.75) is 75.9 Å². The van der Waals surface area contributed by atoms with Crippen LogP contribution in [-0.4, -0.2) is 79.2 Å². The molecule has 1 aliphatic carbocycles. The quantitative estimate of drug-likeness (QED) is 0.642. The van der Waals surface area contributed by atoms with Crippen molar-refractivity contribution in [1.29, 1.82) is 0 Å². The SMILES string of the molecule is CN(C[C@H]1OC(n2cnc3c(N)ncnc32)[C@@H]2OC(C)(C)O[C@H]12)C1CC(CCC(=O)O)C1. The van der Waals surface area contributed by atoms with Crippen LogP contribution in [0.15, 0.2) is 12.7 Å². The van der Waals surface area contributed by atoms with Gasteiger partial charge in [-0.1, -0.05) is 0 Å². The Labute approximate surface area is 185 Å². The number of aliphatic carboxylic acids is 1. The summed E-state index contributed by atoms with van der Waals surface area (Å²) in [6.07, 6.45) is 4.94. The molecule has 32 heavy (non-hydrogen) atoms. The molecule has 0 amide bonds. The van der Waals surface area contributed by atoms with Crippen LogP contribution in [0.2, 0.25) is 0 Å². The molecule has 174 valence electrons. The Hall–Kier alpha value is -2.34. The minimum absolute atomic E-state index is 0.188. The largest absolute Gasteiger partial charge is 0.481 e. The summed E-state index contributed by atoms with van der Waals surface area (Å²) >= 11 is 0.